The Morgan fingerprint density at radius 1 is 1.38 bits per heavy atom. The predicted molar refractivity (Wildman–Crippen MR) is 81.0 cm³/mol. The molecule has 1 aromatic heterocycles. The van der Waals surface area contributed by atoms with Gasteiger partial charge in [-0.3, -0.25) is 4.98 Å². The van der Waals surface area contributed by atoms with Crippen LogP contribution < -0.4 is 5.32 Å². The number of hydrogen-bond donors (Lipinski definition) is 2. The van der Waals surface area contributed by atoms with E-state index in [2.05, 4.69) is 15.0 Å². The van der Waals surface area contributed by atoms with E-state index in [1.54, 1.807) is 6.20 Å². The number of para-hydroxylation sites is 1. The van der Waals surface area contributed by atoms with Crippen molar-refractivity contribution >= 4 is 16.9 Å². The molecule has 0 amide bonds. The SMILES string of the molecule is COC(=O)C(C)(O)CNCCc1cccc2cccnc12. The third-order valence-corrected chi connectivity index (χ3v) is 3.38. The lowest BCUT2D eigenvalue weighted by molar-refractivity contribution is -0.159. The van der Waals surface area contributed by atoms with E-state index in [0.717, 1.165) is 22.9 Å². The van der Waals surface area contributed by atoms with E-state index in [4.69, 9.17) is 0 Å². The molecule has 1 unspecified atom stereocenters. The summed E-state index contributed by atoms with van der Waals surface area (Å²) in [4.78, 5) is 15.7. The van der Waals surface area contributed by atoms with Gasteiger partial charge in [0, 0.05) is 18.1 Å². The molecule has 112 valence electrons. The first-order valence-corrected chi connectivity index (χ1v) is 6.89. The molecule has 0 spiro atoms. The standard InChI is InChI=1S/C16H20N2O3/c1-16(20,15(19)21-2)11-17-10-8-13-6-3-5-12-7-4-9-18-14(12)13/h3-7,9,17,20H,8,10-11H2,1-2H3. The van der Waals surface area contributed by atoms with Crippen LogP contribution in [0.3, 0.4) is 0 Å². The fourth-order valence-electron chi connectivity index (χ4n) is 2.22. The summed E-state index contributed by atoms with van der Waals surface area (Å²) in [5.74, 6) is -0.637. The van der Waals surface area contributed by atoms with Crippen LogP contribution in [-0.4, -0.2) is 41.9 Å². The van der Waals surface area contributed by atoms with Gasteiger partial charge in [0.15, 0.2) is 5.60 Å². The van der Waals surface area contributed by atoms with Crippen molar-refractivity contribution in [3.8, 4) is 0 Å². The van der Waals surface area contributed by atoms with E-state index in [1.165, 1.54) is 14.0 Å². The number of nitrogens with zero attached hydrogens (tertiary/aromatic N) is 1. The second-order valence-electron chi connectivity index (χ2n) is 5.18. The maximum atomic E-state index is 11.4. The summed E-state index contributed by atoms with van der Waals surface area (Å²) in [6, 6.07) is 10.0. The minimum Gasteiger partial charge on any atom is -0.467 e. The summed E-state index contributed by atoms with van der Waals surface area (Å²) in [7, 11) is 1.26. The monoisotopic (exact) mass is 288 g/mol. The number of hydrogen-bond acceptors (Lipinski definition) is 5. The summed E-state index contributed by atoms with van der Waals surface area (Å²) in [6.07, 6.45) is 2.55. The number of carbonyl (C=O) groups is 1. The van der Waals surface area contributed by atoms with E-state index < -0.39 is 11.6 Å². The number of benzene rings is 1. The van der Waals surface area contributed by atoms with E-state index in [-0.39, 0.29) is 6.54 Å². The molecule has 21 heavy (non-hydrogen) atoms. The van der Waals surface area contributed by atoms with E-state index in [0.29, 0.717) is 6.54 Å². The number of nitrogens with one attached hydrogen (secondary N) is 1. The molecule has 2 rings (SSSR count). The van der Waals surface area contributed by atoms with Crippen LogP contribution in [-0.2, 0) is 16.0 Å². The van der Waals surface area contributed by atoms with Crippen LogP contribution in [0.2, 0.25) is 0 Å². The van der Waals surface area contributed by atoms with Gasteiger partial charge in [-0.1, -0.05) is 24.3 Å². The lowest BCUT2D eigenvalue weighted by Gasteiger charge is -2.20. The number of esters is 1. The van der Waals surface area contributed by atoms with Crippen molar-refractivity contribution in [2.75, 3.05) is 20.2 Å². The number of carbonyl (C=O) groups excluding carboxylic acids is 1. The first kappa shape index (κ1) is 15.4. The van der Waals surface area contributed by atoms with Crippen molar-refractivity contribution in [1.82, 2.24) is 10.3 Å². The third-order valence-electron chi connectivity index (χ3n) is 3.38. The van der Waals surface area contributed by atoms with Crippen LogP contribution in [0, 0.1) is 0 Å². The van der Waals surface area contributed by atoms with Gasteiger partial charge in [0.1, 0.15) is 0 Å². The molecule has 0 fully saturated rings. The highest BCUT2D eigenvalue weighted by Gasteiger charge is 2.30. The van der Waals surface area contributed by atoms with Crippen molar-refractivity contribution in [1.29, 1.82) is 0 Å². The number of aromatic nitrogens is 1. The molecule has 0 radical (unpaired) electrons. The number of aliphatic hydroxyl groups is 1. The summed E-state index contributed by atoms with van der Waals surface area (Å²) in [5.41, 5.74) is 0.617. The first-order chi connectivity index (χ1) is 10.0. The number of methoxy groups -OCH3 is 1. The summed E-state index contributed by atoms with van der Waals surface area (Å²) in [6.45, 7) is 2.23. The maximum absolute atomic E-state index is 11.4. The summed E-state index contributed by atoms with van der Waals surface area (Å²) in [5, 5.41) is 14.1. The second-order valence-corrected chi connectivity index (χ2v) is 5.18. The van der Waals surface area contributed by atoms with Crippen LogP contribution in [0.4, 0.5) is 0 Å². The van der Waals surface area contributed by atoms with Gasteiger partial charge in [0.25, 0.3) is 0 Å². The van der Waals surface area contributed by atoms with Crippen LogP contribution in [0.15, 0.2) is 36.5 Å². The Hall–Kier alpha value is -1.98. The number of fused-ring (bicyclic) bond motifs is 1. The summed E-state index contributed by atoms with van der Waals surface area (Å²) < 4.78 is 4.55. The van der Waals surface area contributed by atoms with Gasteiger partial charge < -0.3 is 15.2 Å². The van der Waals surface area contributed by atoms with Crippen LogP contribution >= 0.6 is 0 Å². The van der Waals surface area contributed by atoms with Crippen LogP contribution in [0.1, 0.15) is 12.5 Å². The normalized spacial score (nSPS) is 13.9. The number of ether oxygens (including phenoxy) is 1. The molecule has 2 aromatic rings. The Morgan fingerprint density at radius 2 is 2.14 bits per heavy atom. The zero-order valence-corrected chi connectivity index (χ0v) is 12.3. The lowest BCUT2D eigenvalue weighted by Crippen LogP contribution is -2.46. The summed E-state index contributed by atoms with van der Waals surface area (Å²) >= 11 is 0. The lowest BCUT2D eigenvalue weighted by atomic mass is 10.1. The zero-order chi connectivity index (χ0) is 15.3. The Bertz CT molecular complexity index is 620. The molecule has 0 aliphatic rings. The van der Waals surface area contributed by atoms with Crippen LogP contribution in [0.25, 0.3) is 10.9 Å². The molecule has 0 bridgehead atoms. The van der Waals surface area contributed by atoms with Crippen molar-refractivity contribution in [3.05, 3.63) is 42.1 Å². The van der Waals surface area contributed by atoms with Crippen LogP contribution in [0.5, 0.6) is 0 Å². The smallest absolute Gasteiger partial charge is 0.338 e. The number of rotatable bonds is 6. The Labute approximate surface area is 124 Å². The maximum Gasteiger partial charge on any atom is 0.338 e. The van der Waals surface area contributed by atoms with Crippen molar-refractivity contribution in [2.45, 2.75) is 18.9 Å². The largest absolute Gasteiger partial charge is 0.467 e. The highest BCUT2D eigenvalue weighted by atomic mass is 16.5. The Kier molecular flexibility index (Phi) is 4.88. The Morgan fingerprint density at radius 3 is 2.90 bits per heavy atom. The second kappa shape index (κ2) is 6.65. The molecule has 1 heterocycles. The fourth-order valence-corrected chi connectivity index (χ4v) is 2.22. The van der Waals surface area contributed by atoms with Gasteiger partial charge in [-0.05, 0) is 31.5 Å². The van der Waals surface area contributed by atoms with Gasteiger partial charge in [0.05, 0.1) is 12.6 Å². The van der Waals surface area contributed by atoms with Gasteiger partial charge in [-0.15, -0.1) is 0 Å². The highest BCUT2D eigenvalue weighted by molar-refractivity contribution is 5.81. The zero-order valence-electron chi connectivity index (χ0n) is 12.3. The van der Waals surface area contributed by atoms with E-state index in [1.807, 2.05) is 30.3 Å². The molecule has 2 N–H and O–H groups in total. The molecule has 1 atom stereocenters. The molecule has 5 heteroatoms. The minimum atomic E-state index is -1.51. The molecular formula is C16H20N2O3. The van der Waals surface area contributed by atoms with E-state index >= 15 is 0 Å². The van der Waals surface area contributed by atoms with Crippen molar-refractivity contribution < 1.29 is 14.6 Å². The van der Waals surface area contributed by atoms with Gasteiger partial charge in [0.2, 0.25) is 0 Å². The van der Waals surface area contributed by atoms with Gasteiger partial charge in [-0.2, -0.15) is 0 Å². The molecule has 0 saturated heterocycles. The molecule has 5 nitrogen and oxygen atoms in total. The van der Waals surface area contributed by atoms with Gasteiger partial charge in [-0.25, -0.2) is 4.79 Å². The molecule has 0 saturated carbocycles. The van der Waals surface area contributed by atoms with Crippen molar-refractivity contribution in [2.24, 2.45) is 0 Å². The highest BCUT2D eigenvalue weighted by Crippen LogP contribution is 2.16. The fraction of sp³-hybridized carbons (Fsp3) is 0.375. The third kappa shape index (κ3) is 3.77. The molecule has 0 aliphatic heterocycles. The predicted octanol–water partition coefficient (Wildman–Crippen LogP) is 1.29. The first-order valence-electron chi connectivity index (χ1n) is 6.89. The van der Waals surface area contributed by atoms with Gasteiger partial charge >= 0.3 is 5.97 Å². The quantitative estimate of drug-likeness (QED) is 0.619. The molecule has 1 aromatic carbocycles. The van der Waals surface area contributed by atoms with Crippen molar-refractivity contribution in [3.63, 3.8) is 0 Å². The average Bonchev–Trinajstić information content (AvgIpc) is 2.50. The minimum absolute atomic E-state index is 0.151. The molecular weight excluding hydrogens is 268 g/mol. The average molecular weight is 288 g/mol. The Balaban J connectivity index is 1.93. The van der Waals surface area contributed by atoms with E-state index in [9.17, 15) is 9.90 Å². The number of pyridine rings is 1. The topological polar surface area (TPSA) is 71.5 Å². The molecule has 0 aliphatic carbocycles.